The lowest BCUT2D eigenvalue weighted by atomic mass is 9.81. The first-order chi connectivity index (χ1) is 38.5. The smallest absolute Gasteiger partial charge is 0.390 e. The first kappa shape index (κ1) is 66.6. The van der Waals surface area contributed by atoms with Gasteiger partial charge in [-0.25, -0.2) is 18.5 Å². The van der Waals surface area contributed by atoms with E-state index in [1.54, 1.807) is 12.1 Å². The molecule has 10 N–H and O–H groups in total. The number of hydrogen-bond acceptors (Lipinski definition) is 17. The summed E-state index contributed by atoms with van der Waals surface area (Å²) in [6.07, 6.45) is 10.1. The molecular weight excluding hydrogens is 1190 g/mol. The number of carbonyl (C=O) groups excluding carboxylic acids is 2. The van der Waals surface area contributed by atoms with Crippen LogP contribution < -0.4 is 26.8 Å². The number of rotatable bonds is 26. The fourth-order valence-electron chi connectivity index (χ4n) is 9.69. The molecule has 3 aromatic rings. The molecule has 3 aliphatic heterocycles. The third-order valence-corrected chi connectivity index (χ3v) is 19.3. The Hall–Kier alpha value is -5.54. The summed E-state index contributed by atoms with van der Waals surface area (Å²) in [5.41, 5.74) is 1.48. The van der Waals surface area contributed by atoms with Crippen LogP contribution in [0.2, 0.25) is 0 Å². The van der Waals surface area contributed by atoms with Crippen molar-refractivity contribution in [3.63, 3.8) is 0 Å². The summed E-state index contributed by atoms with van der Waals surface area (Å²) in [4.78, 5) is 90.4. The van der Waals surface area contributed by atoms with Gasteiger partial charge in [0.05, 0.1) is 34.5 Å². The van der Waals surface area contributed by atoms with Crippen LogP contribution in [0.4, 0.5) is 11.4 Å². The number of aliphatic hydroxyl groups excluding tert-OH is 1. The average Bonchev–Trinajstić information content (AvgIpc) is 1.86. The molecule has 3 aliphatic rings. The number of nitrogens with one attached hydrogen (secondary N) is 3. The van der Waals surface area contributed by atoms with Crippen molar-refractivity contribution in [2.24, 2.45) is 0 Å². The third kappa shape index (κ3) is 17.8. The normalized spacial score (nSPS) is 20.5. The van der Waals surface area contributed by atoms with Gasteiger partial charge in [0.25, 0.3) is 25.8 Å². The second-order valence-electron chi connectivity index (χ2n) is 20.5. The number of hydrogen-bond donors (Lipinski definition) is 10. The molecule has 0 aliphatic carbocycles. The molecule has 0 spiro atoms. The number of aromatic amines is 1. The Morgan fingerprint density at radius 2 is 1.46 bits per heavy atom. The topological polar surface area (TPSA) is 417 Å². The van der Waals surface area contributed by atoms with Gasteiger partial charge in [0.15, 0.2) is 5.71 Å². The van der Waals surface area contributed by atoms with Gasteiger partial charge in [-0.2, -0.15) is 30.0 Å². The Balaban J connectivity index is 0.911. The van der Waals surface area contributed by atoms with Crippen LogP contribution in [0.25, 0.3) is 0 Å². The van der Waals surface area contributed by atoms with E-state index in [2.05, 4.69) is 40.5 Å². The summed E-state index contributed by atoms with van der Waals surface area (Å²) in [7, 11) is -24.0. The molecule has 33 heteroatoms. The van der Waals surface area contributed by atoms with Gasteiger partial charge in [0, 0.05) is 73.1 Å². The van der Waals surface area contributed by atoms with E-state index in [1.807, 2.05) is 74.7 Å². The van der Waals surface area contributed by atoms with Gasteiger partial charge < -0.3 is 45.0 Å². The molecule has 28 nitrogen and oxygen atoms in total. The van der Waals surface area contributed by atoms with Crippen LogP contribution in [-0.4, -0.2) is 128 Å². The zero-order valence-electron chi connectivity index (χ0n) is 45.6. The van der Waals surface area contributed by atoms with Gasteiger partial charge in [-0.05, 0) is 81.5 Å². The van der Waals surface area contributed by atoms with Crippen LogP contribution in [0.5, 0.6) is 0 Å². The lowest BCUT2D eigenvalue weighted by molar-refractivity contribution is -0.401. The Bertz CT molecular complexity index is 3690. The molecule has 1 aromatic heterocycles. The van der Waals surface area contributed by atoms with Gasteiger partial charge in [-0.15, -0.1) is 0 Å². The standard InChI is InChI=1S/C50H65N6O22P3S2/c1-49(2)36-28-34(82(69,70)71)21-23-38(36)54(5)42(49)17-9-6-10-18-43-50(3,4)37-29-35(83(72,73)74)22-24-39(37)55(43)27-14-8-12-20-44(58)51-25-13-7-11-19-45(59)52-26-15-16-33-31-56(48(61)53-47(33)60)46-30-40(57)41(76-46)32-75-80(65,66)78-81(67,68)77-79(62,63)64/h6,9-10,17-18,21-24,28-29,31,40-41,46,57H,7-8,11-14,19-20,25-27,30,32H2,1-5H3,(H8-,51,52,53,58,59,60,61,62,63,64,65,66,67,68,69,70,71,72,73,74)/p+1. The molecule has 4 heterocycles. The summed E-state index contributed by atoms with van der Waals surface area (Å²) < 4.78 is 122. The molecule has 0 radical (unpaired) electrons. The molecule has 0 bridgehead atoms. The van der Waals surface area contributed by atoms with Gasteiger partial charge >= 0.3 is 29.2 Å². The van der Waals surface area contributed by atoms with Crippen molar-refractivity contribution in [1.29, 1.82) is 0 Å². The van der Waals surface area contributed by atoms with E-state index >= 15 is 0 Å². The maximum absolute atomic E-state index is 12.7. The van der Waals surface area contributed by atoms with Crippen LogP contribution >= 0.6 is 23.5 Å². The summed E-state index contributed by atoms with van der Waals surface area (Å²) in [5.74, 6) is 4.67. The van der Waals surface area contributed by atoms with Crippen LogP contribution in [0, 0.1) is 11.8 Å². The lowest BCUT2D eigenvalue weighted by Gasteiger charge is -2.27. The zero-order valence-corrected chi connectivity index (χ0v) is 49.9. The molecule has 5 atom stereocenters. The van der Waals surface area contributed by atoms with Crippen LogP contribution in [0.15, 0.2) is 98.1 Å². The highest BCUT2D eigenvalue weighted by atomic mass is 32.2. The number of aromatic nitrogens is 2. The number of allylic oxidation sites excluding steroid dienone is 6. The van der Waals surface area contributed by atoms with Crippen LogP contribution in [0.1, 0.15) is 108 Å². The fraction of sp³-hybridized carbons (Fsp3) is 0.460. The molecular formula is C50H66N6O22P3S2+. The Kier molecular flexibility index (Phi) is 21.5. The van der Waals surface area contributed by atoms with Gasteiger partial charge in [0.1, 0.15) is 24.9 Å². The summed E-state index contributed by atoms with van der Waals surface area (Å²) in [6, 6.07) is 9.03. The first-order valence-electron chi connectivity index (χ1n) is 25.7. The second-order valence-corrected chi connectivity index (χ2v) is 27.8. The lowest BCUT2D eigenvalue weighted by Crippen LogP contribution is -2.33. The first-order valence-corrected chi connectivity index (χ1v) is 33.1. The summed E-state index contributed by atoms with van der Waals surface area (Å²) in [5, 5.41) is 15.9. The van der Waals surface area contributed by atoms with Crippen LogP contribution in [-0.2, 0) is 72.2 Å². The van der Waals surface area contributed by atoms with E-state index in [0.29, 0.717) is 57.2 Å². The van der Waals surface area contributed by atoms with Crippen molar-refractivity contribution < 1.29 is 96.4 Å². The number of H-pyrrole nitrogens is 1. The monoisotopic (exact) mass is 1260 g/mol. The number of amides is 2. The van der Waals surface area contributed by atoms with Crippen molar-refractivity contribution in [2.75, 3.05) is 38.2 Å². The number of ether oxygens (including phenoxy) is 1. The van der Waals surface area contributed by atoms with Gasteiger partial charge in [0.2, 0.25) is 17.5 Å². The highest BCUT2D eigenvalue weighted by molar-refractivity contribution is 7.86. The zero-order chi connectivity index (χ0) is 61.5. The highest BCUT2D eigenvalue weighted by Crippen LogP contribution is 2.66. The maximum Gasteiger partial charge on any atom is 0.490 e. The van der Waals surface area contributed by atoms with E-state index in [4.69, 9.17) is 14.5 Å². The minimum absolute atomic E-state index is 0.123. The molecule has 6 rings (SSSR count). The number of unbranched alkanes of at least 4 members (excludes halogenated alkanes) is 4. The van der Waals surface area contributed by atoms with E-state index in [1.165, 1.54) is 24.3 Å². The van der Waals surface area contributed by atoms with Crippen molar-refractivity contribution in [3.8, 4) is 11.8 Å². The molecule has 454 valence electrons. The molecule has 0 saturated carbocycles. The fourth-order valence-corrected chi connectivity index (χ4v) is 13.7. The third-order valence-electron chi connectivity index (χ3n) is 13.8. The van der Waals surface area contributed by atoms with E-state index in [0.717, 1.165) is 39.1 Å². The predicted molar refractivity (Wildman–Crippen MR) is 299 cm³/mol. The average molecular weight is 1260 g/mol. The number of fused-ring (bicyclic) bond motifs is 2. The number of phosphoric acid groups is 3. The molecule has 2 amide bonds. The number of benzene rings is 2. The minimum atomic E-state index is -5.80. The maximum atomic E-state index is 12.7. The van der Waals surface area contributed by atoms with Crippen molar-refractivity contribution >= 4 is 72.6 Å². The number of nitrogens with zero attached hydrogens (tertiary/aromatic N) is 3. The van der Waals surface area contributed by atoms with Gasteiger partial charge in [-0.1, -0.05) is 56.8 Å². The summed E-state index contributed by atoms with van der Waals surface area (Å²) in [6.45, 7) is 7.65. The predicted octanol–water partition coefficient (Wildman–Crippen LogP) is 4.23. The van der Waals surface area contributed by atoms with Gasteiger partial charge in [-0.3, -0.25) is 37.6 Å². The Labute approximate surface area is 477 Å². The largest absolute Gasteiger partial charge is 0.490 e. The van der Waals surface area contributed by atoms with Crippen molar-refractivity contribution in [2.45, 2.75) is 125 Å². The molecule has 83 heavy (non-hydrogen) atoms. The molecule has 1 fully saturated rings. The number of phosphoric ester groups is 1. The SMILES string of the molecule is C[N+]1=C(/C=C/C=C/C=C2/N(CCCCCC(=O)NCCCCCC(=O)NCC#Cc3cn(C4CC(O)C(COP(=O)(O)OP(=O)(O)OP(=O)(O)O)O4)c(=O)[nH]c3=O)c3ccc(S(=O)(=O)O)cc3C2(C)C)C(C)(C)c2cc(S(=O)(=O)O)ccc21. The molecule has 5 unspecified atom stereocenters. The highest BCUT2D eigenvalue weighted by Gasteiger charge is 2.45. The minimum Gasteiger partial charge on any atom is -0.390 e. The quantitative estimate of drug-likeness (QED) is 0.0134. The van der Waals surface area contributed by atoms with Crippen molar-refractivity contribution in [3.05, 3.63) is 116 Å². The number of carbonyl (C=O) groups is 2. The van der Waals surface area contributed by atoms with Crippen molar-refractivity contribution in [1.82, 2.24) is 20.2 Å². The molecule has 2 aromatic carbocycles. The summed E-state index contributed by atoms with van der Waals surface area (Å²) >= 11 is 0. The van der Waals surface area contributed by atoms with Crippen LogP contribution in [0.3, 0.4) is 0 Å². The Morgan fingerprint density at radius 3 is 2.11 bits per heavy atom. The molecule has 1 saturated heterocycles. The van der Waals surface area contributed by atoms with E-state index in [9.17, 15) is 73.7 Å². The number of anilines is 1. The second kappa shape index (κ2) is 26.8. The Morgan fingerprint density at radius 1 is 0.831 bits per heavy atom. The van der Waals surface area contributed by atoms with E-state index < -0.39 is 90.8 Å². The van der Waals surface area contributed by atoms with E-state index in [-0.39, 0.29) is 53.0 Å². The number of aliphatic hydroxyl groups is 1.